The third kappa shape index (κ3) is 6.92. The van der Waals surface area contributed by atoms with Crippen LogP contribution in [0.5, 0.6) is 0 Å². The van der Waals surface area contributed by atoms with E-state index in [-0.39, 0.29) is 24.9 Å². The van der Waals surface area contributed by atoms with E-state index in [1.165, 1.54) is 12.1 Å². The van der Waals surface area contributed by atoms with E-state index >= 15 is 0 Å². The zero-order valence-corrected chi connectivity index (χ0v) is 15.9. The first-order valence-corrected chi connectivity index (χ1v) is 9.33. The van der Waals surface area contributed by atoms with Gasteiger partial charge in [-0.25, -0.2) is 13.3 Å². The molecule has 5 nitrogen and oxygen atoms in total. The summed E-state index contributed by atoms with van der Waals surface area (Å²) >= 11 is 0. The van der Waals surface area contributed by atoms with Crippen molar-refractivity contribution in [1.82, 2.24) is 4.72 Å². The van der Waals surface area contributed by atoms with Gasteiger partial charge in [-0.15, -0.1) is 0 Å². The number of nitriles is 1. The smallest absolute Gasteiger partial charge is 0.323 e. The normalized spacial score (nSPS) is 15.0. The molecule has 0 heterocycles. The number of carbonyl (C=O) groups excluding carboxylic acids is 1. The molecule has 1 aromatic rings. The van der Waals surface area contributed by atoms with Crippen LogP contribution < -0.4 is 4.72 Å². The molecule has 138 valence electrons. The van der Waals surface area contributed by atoms with Crippen molar-refractivity contribution in [2.24, 2.45) is 5.92 Å². The van der Waals surface area contributed by atoms with Crippen molar-refractivity contribution in [3.63, 3.8) is 0 Å². The highest BCUT2D eigenvalue weighted by molar-refractivity contribution is 7.84. The Labute approximate surface area is 151 Å². The van der Waals surface area contributed by atoms with E-state index < -0.39 is 27.6 Å². The summed E-state index contributed by atoms with van der Waals surface area (Å²) in [5.74, 6) is -1.80. The Bertz CT molecular complexity index is 635. The molecule has 7 heteroatoms. The first kappa shape index (κ1) is 21.3. The average Bonchev–Trinajstić information content (AvgIpc) is 2.54. The van der Waals surface area contributed by atoms with Gasteiger partial charge in [0.05, 0.1) is 28.4 Å². The second-order valence-electron chi connectivity index (χ2n) is 6.61. The highest BCUT2D eigenvalue weighted by atomic mass is 32.2. The predicted molar refractivity (Wildman–Crippen MR) is 95.1 cm³/mol. The third-order valence-electron chi connectivity index (χ3n) is 3.55. The highest BCUT2D eigenvalue weighted by Gasteiger charge is 2.26. The largest absolute Gasteiger partial charge is 0.465 e. The SMILES string of the molecule is CCOC(=O)C(C#N)CC[C@@H](N[S@@](=O)C(C)(C)C)c1ccc(F)cc1. The van der Waals surface area contributed by atoms with Gasteiger partial charge in [-0.1, -0.05) is 12.1 Å². The molecule has 0 spiro atoms. The van der Waals surface area contributed by atoms with Crippen molar-refractivity contribution in [3.05, 3.63) is 35.6 Å². The van der Waals surface area contributed by atoms with Gasteiger partial charge in [0.1, 0.15) is 11.7 Å². The van der Waals surface area contributed by atoms with Crippen LogP contribution in [0.3, 0.4) is 0 Å². The van der Waals surface area contributed by atoms with E-state index in [0.717, 1.165) is 5.56 Å². The molecule has 0 aliphatic heterocycles. The van der Waals surface area contributed by atoms with Gasteiger partial charge in [-0.2, -0.15) is 5.26 Å². The Balaban J connectivity index is 2.91. The summed E-state index contributed by atoms with van der Waals surface area (Å²) in [7, 11) is -1.35. The molecule has 1 unspecified atom stereocenters. The van der Waals surface area contributed by atoms with Crippen molar-refractivity contribution < 1.29 is 18.1 Å². The number of esters is 1. The molecule has 0 saturated carbocycles. The highest BCUT2D eigenvalue weighted by Crippen LogP contribution is 2.24. The molecule has 1 N–H and O–H groups in total. The fraction of sp³-hybridized carbons (Fsp3) is 0.556. The maximum atomic E-state index is 13.2. The fourth-order valence-corrected chi connectivity index (χ4v) is 2.97. The monoisotopic (exact) mass is 368 g/mol. The van der Waals surface area contributed by atoms with Crippen LogP contribution in [0.4, 0.5) is 4.39 Å². The number of hydrogen-bond donors (Lipinski definition) is 1. The molecule has 0 fully saturated rings. The minimum Gasteiger partial charge on any atom is -0.465 e. The van der Waals surface area contributed by atoms with Crippen LogP contribution in [0.1, 0.15) is 52.1 Å². The Kier molecular flexibility index (Phi) is 8.20. The minimum atomic E-state index is -1.35. The maximum Gasteiger partial charge on any atom is 0.323 e. The molecule has 25 heavy (non-hydrogen) atoms. The van der Waals surface area contributed by atoms with Crippen molar-refractivity contribution in [2.45, 2.75) is 51.3 Å². The van der Waals surface area contributed by atoms with E-state index in [1.807, 2.05) is 26.8 Å². The van der Waals surface area contributed by atoms with Gasteiger partial charge >= 0.3 is 5.97 Å². The summed E-state index contributed by atoms with van der Waals surface area (Å²) in [5.41, 5.74) is 0.750. The first-order chi connectivity index (χ1) is 11.7. The fourth-order valence-electron chi connectivity index (χ4n) is 2.11. The number of nitrogens with zero attached hydrogens (tertiary/aromatic N) is 1. The van der Waals surface area contributed by atoms with Crippen LogP contribution >= 0.6 is 0 Å². The van der Waals surface area contributed by atoms with Crippen molar-refractivity contribution in [2.75, 3.05) is 6.61 Å². The van der Waals surface area contributed by atoms with Gasteiger partial charge < -0.3 is 4.74 Å². The van der Waals surface area contributed by atoms with Crippen molar-refractivity contribution in [1.29, 1.82) is 5.26 Å². The molecule has 0 radical (unpaired) electrons. The topological polar surface area (TPSA) is 79.2 Å². The van der Waals surface area contributed by atoms with Crippen LogP contribution in [0.25, 0.3) is 0 Å². The number of hydrogen-bond acceptors (Lipinski definition) is 4. The molecule has 0 bridgehead atoms. The summed E-state index contributed by atoms with van der Waals surface area (Å²) in [6.45, 7) is 7.42. The Hall–Kier alpha value is -1.78. The second kappa shape index (κ2) is 9.64. The number of ether oxygens (including phenoxy) is 1. The van der Waals surface area contributed by atoms with Gasteiger partial charge in [-0.05, 0) is 58.2 Å². The predicted octanol–water partition coefficient (Wildman–Crippen LogP) is 3.40. The van der Waals surface area contributed by atoms with Gasteiger partial charge in [0.15, 0.2) is 0 Å². The number of halogens is 1. The molecule has 0 aliphatic rings. The Morgan fingerprint density at radius 3 is 2.40 bits per heavy atom. The van der Waals surface area contributed by atoms with E-state index in [4.69, 9.17) is 4.74 Å². The average molecular weight is 368 g/mol. The van der Waals surface area contributed by atoms with Crippen LogP contribution in [-0.4, -0.2) is 21.5 Å². The number of nitrogens with one attached hydrogen (secondary N) is 1. The number of rotatable bonds is 8. The molecule has 0 aromatic heterocycles. The quantitative estimate of drug-likeness (QED) is 0.713. The first-order valence-electron chi connectivity index (χ1n) is 8.18. The van der Waals surface area contributed by atoms with Gasteiger partial charge in [0.25, 0.3) is 0 Å². The second-order valence-corrected chi connectivity index (χ2v) is 8.61. The summed E-state index contributed by atoms with van der Waals surface area (Å²) in [4.78, 5) is 11.8. The van der Waals surface area contributed by atoms with E-state index in [1.54, 1.807) is 19.1 Å². The summed E-state index contributed by atoms with van der Waals surface area (Å²) < 4.78 is 33.1. The van der Waals surface area contributed by atoms with Gasteiger partial charge in [0.2, 0.25) is 0 Å². The molecule has 0 saturated heterocycles. The molecule has 3 atom stereocenters. The molecule has 0 amide bonds. The molecule has 1 rings (SSSR count). The minimum absolute atomic E-state index is 0.213. The molecule has 0 aliphatic carbocycles. The Morgan fingerprint density at radius 1 is 1.32 bits per heavy atom. The maximum absolute atomic E-state index is 13.2. The summed E-state index contributed by atoms with van der Waals surface area (Å²) in [6.07, 6.45) is 0.649. The third-order valence-corrected chi connectivity index (χ3v) is 5.16. The van der Waals surface area contributed by atoms with Crippen LogP contribution in [-0.2, 0) is 20.5 Å². The van der Waals surface area contributed by atoms with Crippen LogP contribution in [0, 0.1) is 23.1 Å². The lowest BCUT2D eigenvalue weighted by molar-refractivity contribution is -0.146. The van der Waals surface area contributed by atoms with E-state index in [9.17, 15) is 18.7 Å². The summed E-state index contributed by atoms with van der Waals surface area (Å²) in [5, 5.41) is 9.17. The van der Waals surface area contributed by atoms with Crippen LogP contribution in [0.15, 0.2) is 24.3 Å². The van der Waals surface area contributed by atoms with Gasteiger partial charge in [0, 0.05) is 6.04 Å². The molecular weight excluding hydrogens is 343 g/mol. The molecule has 1 aromatic carbocycles. The zero-order valence-electron chi connectivity index (χ0n) is 15.0. The lowest BCUT2D eigenvalue weighted by Crippen LogP contribution is -2.36. The van der Waals surface area contributed by atoms with Gasteiger partial charge in [-0.3, -0.25) is 4.79 Å². The zero-order chi connectivity index (χ0) is 19.0. The van der Waals surface area contributed by atoms with E-state index in [0.29, 0.717) is 6.42 Å². The van der Waals surface area contributed by atoms with Crippen molar-refractivity contribution >= 4 is 17.0 Å². The van der Waals surface area contributed by atoms with E-state index in [2.05, 4.69) is 4.72 Å². The lowest BCUT2D eigenvalue weighted by atomic mass is 9.97. The number of benzene rings is 1. The molecular formula is C18H25FN2O3S. The Morgan fingerprint density at radius 2 is 1.92 bits per heavy atom. The standard InChI is InChI=1S/C18H25FN2O3S/c1-5-24-17(22)14(12-20)8-11-16(21-25(23)18(2,3)4)13-6-9-15(19)10-7-13/h6-7,9-10,14,16,21H,5,8,11H2,1-4H3/t14?,16-,25+/m1/s1. The van der Waals surface area contributed by atoms with Crippen molar-refractivity contribution in [3.8, 4) is 6.07 Å². The number of carbonyl (C=O) groups is 1. The van der Waals surface area contributed by atoms with Crippen LogP contribution in [0.2, 0.25) is 0 Å². The lowest BCUT2D eigenvalue weighted by Gasteiger charge is -2.25. The summed E-state index contributed by atoms with van der Waals surface area (Å²) in [6, 6.07) is 7.46.